The first kappa shape index (κ1) is 15.4. The van der Waals surface area contributed by atoms with Crippen molar-refractivity contribution in [3.63, 3.8) is 0 Å². The van der Waals surface area contributed by atoms with E-state index >= 15 is 0 Å². The van der Waals surface area contributed by atoms with Gasteiger partial charge in [-0.3, -0.25) is 10.1 Å². The molecule has 2 heterocycles. The summed E-state index contributed by atoms with van der Waals surface area (Å²) in [5.41, 5.74) is 2.12. The third-order valence-corrected chi connectivity index (χ3v) is 3.77. The van der Waals surface area contributed by atoms with Gasteiger partial charge in [-0.15, -0.1) is 0 Å². The summed E-state index contributed by atoms with van der Waals surface area (Å²) in [7, 11) is 2.06. The second kappa shape index (κ2) is 6.64. The van der Waals surface area contributed by atoms with Gasteiger partial charge in [0.25, 0.3) is 0 Å². The molecule has 1 saturated heterocycles. The summed E-state index contributed by atoms with van der Waals surface area (Å²) in [6.45, 7) is 4.62. The zero-order valence-corrected chi connectivity index (χ0v) is 12.3. The average Bonchev–Trinajstić information content (AvgIpc) is 2.67. The highest BCUT2D eigenvalue weighted by Gasteiger charge is 2.31. The van der Waals surface area contributed by atoms with Crippen LogP contribution in [0.2, 0.25) is 0 Å². The number of nitrogen functional groups attached to an aromatic ring is 1. The SMILES string of the molecule is CCC1CN(C)CCCN1c1ncnc(NN)c1[N+](=O)[O-]. The maximum atomic E-state index is 11.4. The Hall–Kier alpha value is -2.00. The topological polar surface area (TPSA) is 113 Å². The van der Waals surface area contributed by atoms with Crippen LogP contribution in [0.3, 0.4) is 0 Å². The third kappa shape index (κ3) is 3.19. The molecule has 0 spiro atoms. The molecule has 1 aliphatic heterocycles. The number of nitro groups is 1. The van der Waals surface area contributed by atoms with Crippen LogP contribution >= 0.6 is 0 Å². The zero-order valence-electron chi connectivity index (χ0n) is 12.3. The molecule has 0 radical (unpaired) electrons. The number of hydrogen-bond acceptors (Lipinski definition) is 8. The van der Waals surface area contributed by atoms with Crippen LogP contribution in [0.25, 0.3) is 0 Å². The number of nitrogens with zero attached hydrogens (tertiary/aromatic N) is 5. The second-order valence-corrected chi connectivity index (χ2v) is 5.17. The van der Waals surface area contributed by atoms with Crippen LogP contribution in [0.15, 0.2) is 6.33 Å². The molecular weight excluding hydrogens is 274 g/mol. The lowest BCUT2D eigenvalue weighted by atomic mass is 10.2. The molecule has 9 nitrogen and oxygen atoms in total. The molecule has 0 aliphatic carbocycles. The Kier molecular flexibility index (Phi) is 4.86. The van der Waals surface area contributed by atoms with E-state index in [4.69, 9.17) is 5.84 Å². The highest BCUT2D eigenvalue weighted by molar-refractivity contribution is 5.70. The standard InChI is InChI=1S/C12H21N7O2/c1-3-9-7-17(2)5-4-6-18(9)12-10(19(20)21)11(16-13)14-8-15-12/h8-9H,3-7,13H2,1-2H3,(H,14,15,16). The van der Waals surface area contributed by atoms with Crippen molar-refractivity contribution in [1.29, 1.82) is 0 Å². The Balaban J connectivity index is 2.45. The second-order valence-electron chi connectivity index (χ2n) is 5.17. The number of likely N-dealkylation sites (N-methyl/N-ethyl adjacent to an activating group) is 1. The minimum Gasteiger partial charge on any atom is -0.346 e. The highest BCUT2D eigenvalue weighted by Crippen LogP contribution is 2.33. The molecule has 0 amide bonds. The van der Waals surface area contributed by atoms with E-state index in [1.54, 1.807) is 0 Å². The van der Waals surface area contributed by atoms with Crippen LogP contribution < -0.4 is 16.2 Å². The first-order valence-electron chi connectivity index (χ1n) is 6.99. The highest BCUT2D eigenvalue weighted by atomic mass is 16.6. The first-order chi connectivity index (χ1) is 10.1. The maximum Gasteiger partial charge on any atom is 0.354 e. The molecule has 0 bridgehead atoms. The minimum absolute atomic E-state index is 0.0393. The number of rotatable bonds is 4. The fraction of sp³-hybridized carbons (Fsp3) is 0.667. The predicted octanol–water partition coefficient (Wildman–Crippen LogP) is 0.591. The van der Waals surface area contributed by atoms with Crippen molar-refractivity contribution in [2.75, 3.05) is 37.0 Å². The molecule has 21 heavy (non-hydrogen) atoms. The summed E-state index contributed by atoms with van der Waals surface area (Å²) in [6, 6.07) is 0.178. The smallest absolute Gasteiger partial charge is 0.346 e. The van der Waals surface area contributed by atoms with Crippen LogP contribution in [0.1, 0.15) is 19.8 Å². The van der Waals surface area contributed by atoms with Crippen molar-refractivity contribution in [1.82, 2.24) is 14.9 Å². The van der Waals surface area contributed by atoms with Crippen LogP contribution in [0.4, 0.5) is 17.3 Å². The quantitative estimate of drug-likeness (QED) is 0.471. The summed E-state index contributed by atoms with van der Waals surface area (Å²) in [6.07, 6.45) is 3.12. The van der Waals surface area contributed by atoms with E-state index in [1.807, 2.05) is 4.90 Å². The van der Waals surface area contributed by atoms with Crippen LogP contribution in [0.5, 0.6) is 0 Å². The minimum atomic E-state index is -0.480. The van der Waals surface area contributed by atoms with Gasteiger partial charge in [-0.1, -0.05) is 6.92 Å². The largest absolute Gasteiger partial charge is 0.354 e. The fourth-order valence-corrected chi connectivity index (χ4v) is 2.72. The van der Waals surface area contributed by atoms with Crippen LogP contribution in [0, 0.1) is 10.1 Å². The van der Waals surface area contributed by atoms with Crippen LogP contribution in [-0.4, -0.2) is 52.5 Å². The van der Waals surface area contributed by atoms with Gasteiger partial charge in [0.15, 0.2) is 0 Å². The van der Waals surface area contributed by atoms with Crippen molar-refractivity contribution in [2.45, 2.75) is 25.8 Å². The molecule has 116 valence electrons. The molecule has 1 fully saturated rings. The molecule has 1 aromatic rings. The Morgan fingerprint density at radius 3 is 2.90 bits per heavy atom. The number of aromatic nitrogens is 2. The van der Waals surface area contributed by atoms with E-state index in [-0.39, 0.29) is 17.5 Å². The number of hydrazine groups is 1. The van der Waals surface area contributed by atoms with E-state index in [1.165, 1.54) is 6.33 Å². The van der Waals surface area contributed by atoms with E-state index in [0.717, 1.165) is 32.5 Å². The van der Waals surface area contributed by atoms with Crippen LogP contribution in [-0.2, 0) is 0 Å². The van der Waals surface area contributed by atoms with Crippen molar-refractivity contribution in [2.24, 2.45) is 5.84 Å². The molecule has 2 rings (SSSR count). The molecule has 3 N–H and O–H groups in total. The van der Waals surface area contributed by atoms with Crippen molar-refractivity contribution in [3.8, 4) is 0 Å². The molecule has 1 atom stereocenters. The monoisotopic (exact) mass is 295 g/mol. The maximum absolute atomic E-state index is 11.4. The van der Waals surface area contributed by atoms with E-state index in [2.05, 4.69) is 34.3 Å². The number of anilines is 2. The van der Waals surface area contributed by atoms with Gasteiger partial charge >= 0.3 is 5.69 Å². The van der Waals surface area contributed by atoms with Gasteiger partial charge in [-0.25, -0.2) is 15.8 Å². The number of nitrogens with one attached hydrogen (secondary N) is 1. The molecule has 0 aromatic carbocycles. The summed E-state index contributed by atoms with van der Waals surface area (Å²) >= 11 is 0. The van der Waals surface area contributed by atoms with E-state index in [0.29, 0.717) is 5.82 Å². The normalized spacial score (nSPS) is 20.1. The van der Waals surface area contributed by atoms with Gasteiger partial charge in [-0.2, -0.15) is 0 Å². The molecule has 9 heteroatoms. The zero-order chi connectivity index (χ0) is 15.4. The lowest BCUT2D eigenvalue weighted by Crippen LogP contribution is -2.40. The number of hydrogen-bond donors (Lipinski definition) is 2. The molecule has 1 aliphatic rings. The number of nitrogens with two attached hydrogens (primary N) is 1. The third-order valence-electron chi connectivity index (χ3n) is 3.77. The Morgan fingerprint density at radius 1 is 1.52 bits per heavy atom. The summed E-state index contributed by atoms with van der Waals surface area (Å²) in [5.74, 6) is 5.71. The van der Waals surface area contributed by atoms with Gasteiger partial charge < -0.3 is 15.2 Å². The lowest BCUT2D eigenvalue weighted by Gasteiger charge is -2.30. The summed E-state index contributed by atoms with van der Waals surface area (Å²) in [4.78, 5) is 23.1. The van der Waals surface area contributed by atoms with Crippen molar-refractivity contribution < 1.29 is 4.92 Å². The van der Waals surface area contributed by atoms with Gasteiger partial charge in [0.05, 0.1) is 4.92 Å². The summed E-state index contributed by atoms with van der Waals surface area (Å²) in [5, 5.41) is 11.4. The molecule has 1 aromatic heterocycles. The first-order valence-corrected chi connectivity index (χ1v) is 6.99. The molecular formula is C12H21N7O2. The summed E-state index contributed by atoms with van der Waals surface area (Å²) < 4.78 is 0. The van der Waals surface area contributed by atoms with E-state index < -0.39 is 4.92 Å². The predicted molar refractivity (Wildman–Crippen MR) is 80.0 cm³/mol. The van der Waals surface area contributed by atoms with Gasteiger partial charge in [-0.05, 0) is 26.4 Å². The van der Waals surface area contributed by atoms with Gasteiger partial charge in [0.1, 0.15) is 6.33 Å². The van der Waals surface area contributed by atoms with Crippen molar-refractivity contribution in [3.05, 3.63) is 16.4 Å². The Bertz CT molecular complexity index is 510. The Labute approximate surface area is 123 Å². The lowest BCUT2D eigenvalue weighted by molar-refractivity contribution is -0.383. The van der Waals surface area contributed by atoms with E-state index in [9.17, 15) is 10.1 Å². The average molecular weight is 295 g/mol. The van der Waals surface area contributed by atoms with Gasteiger partial charge in [0.2, 0.25) is 11.6 Å². The fourth-order valence-electron chi connectivity index (χ4n) is 2.72. The Morgan fingerprint density at radius 2 is 2.29 bits per heavy atom. The molecule has 0 saturated carbocycles. The molecule has 1 unspecified atom stereocenters. The van der Waals surface area contributed by atoms with Gasteiger partial charge in [0, 0.05) is 19.1 Å². The van der Waals surface area contributed by atoms with Crippen molar-refractivity contribution >= 4 is 17.3 Å².